The van der Waals surface area contributed by atoms with Crippen molar-refractivity contribution in [1.82, 2.24) is 15.1 Å². The highest BCUT2D eigenvalue weighted by Crippen LogP contribution is 2.28. The Morgan fingerprint density at radius 3 is 2.38 bits per heavy atom. The molecule has 2 amide bonds. The van der Waals surface area contributed by atoms with E-state index in [-0.39, 0.29) is 30.5 Å². The molecule has 1 aliphatic heterocycles. The van der Waals surface area contributed by atoms with E-state index >= 15 is 0 Å². The molecule has 2 aromatic rings. The van der Waals surface area contributed by atoms with Gasteiger partial charge in [0.05, 0.1) is 0 Å². The molecule has 3 rings (SSSR count). The van der Waals surface area contributed by atoms with Crippen molar-refractivity contribution in [2.45, 2.75) is 25.8 Å². The number of aromatic nitrogens is 2. The topological polar surface area (TPSA) is 76.3 Å². The number of likely N-dealkylation sites (tertiary alicyclic amines) is 1. The molecule has 6 nitrogen and oxygen atoms in total. The van der Waals surface area contributed by atoms with E-state index in [2.05, 4.69) is 10.2 Å². The minimum Gasteiger partial charge on any atom is -0.418 e. The van der Waals surface area contributed by atoms with Crippen LogP contribution >= 0.6 is 11.6 Å². The Hall–Kier alpha value is -2.21. The van der Waals surface area contributed by atoms with Gasteiger partial charge in [-0.25, -0.2) is 0 Å². The van der Waals surface area contributed by atoms with E-state index < -0.39 is 6.04 Å². The number of carbonyl (C=O) groups is 2. The molecular formula is C14H12ClN3O3. The smallest absolute Gasteiger partial charge is 0.247 e. The van der Waals surface area contributed by atoms with E-state index in [1.165, 1.54) is 4.90 Å². The third-order valence-electron chi connectivity index (χ3n) is 3.37. The average molecular weight is 306 g/mol. The molecule has 0 N–H and O–H groups in total. The molecule has 0 radical (unpaired) electrons. The minimum atomic E-state index is -0.555. The molecule has 7 heteroatoms. The van der Waals surface area contributed by atoms with E-state index in [9.17, 15) is 9.59 Å². The van der Waals surface area contributed by atoms with Gasteiger partial charge < -0.3 is 4.42 Å². The summed E-state index contributed by atoms with van der Waals surface area (Å²) < 4.78 is 5.57. The first kappa shape index (κ1) is 13.8. The molecule has 1 saturated heterocycles. The summed E-state index contributed by atoms with van der Waals surface area (Å²) in [4.78, 5) is 24.6. The quantitative estimate of drug-likeness (QED) is 0.815. The van der Waals surface area contributed by atoms with Gasteiger partial charge in [-0.1, -0.05) is 11.6 Å². The Balaban J connectivity index is 1.86. The maximum absolute atomic E-state index is 11.7. The SMILES string of the molecule is C[C@@H](c1nnc(-c2ccc(Cl)cc2)o1)N1C(=O)CCC1=O. The summed E-state index contributed by atoms with van der Waals surface area (Å²) in [7, 11) is 0. The highest BCUT2D eigenvalue weighted by molar-refractivity contribution is 6.30. The molecular weight excluding hydrogens is 294 g/mol. The molecule has 0 bridgehead atoms. The molecule has 21 heavy (non-hydrogen) atoms. The van der Waals surface area contributed by atoms with E-state index in [4.69, 9.17) is 16.0 Å². The Labute approximate surface area is 125 Å². The number of imide groups is 1. The maximum atomic E-state index is 11.7. The molecule has 1 fully saturated rings. The van der Waals surface area contributed by atoms with Crippen LogP contribution < -0.4 is 0 Å². The highest BCUT2D eigenvalue weighted by Gasteiger charge is 2.35. The van der Waals surface area contributed by atoms with Crippen LogP contribution in [0.15, 0.2) is 28.7 Å². The highest BCUT2D eigenvalue weighted by atomic mass is 35.5. The van der Waals surface area contributed by atoms with Crippen molar-refractivity contribution in [3.8, 4) is 11.5 Å². The number of benzene rings is 1. The second kappa shape index (κ2) is 5.29. The predicted octanol–water partition coefficient (Wildman–Crippen LogP) is 2.60. The number of hydrogen-bond acceptors (Lipinski definition) is 5. The minimum absolute atomic E-state index is 0.209. The van der Waals surface area contributed by atoms with Crippen LogP contribution in [0.5, 0.6) is 0 Å². The van der Waals surface area contributed by atoms with Crippen molar-refractivity contribution in [2.24, 2.45) is 0 Å². The van der Waals surface area contributed by atoms with Crippen LogP contribution in [0.3, 0.4) is 0 Å². The summed E-state index contributed by atoms with van der Waals surface area (Å²) in [5.41, 5.74) is 0.726. The zero-order chi connectivity index (χ0) is 15.0. The Morgan fingerprint density at radius 2 is 1.76 bits per heavy atom. The summed E-state index contributed by atoms with van der Waals surface area (Å²) >= 11 is 5.82. The van der Waals surface area contributed by atoms with Crippen LogP contribution in [0.25, 0.3) is 11.5 Å². The van der Waals surface area contributed by atoms with Gasteiger partial charge in [-0.2, -0.15) is 0 Å². The normalized spacial score (nSPS) is 16.6. The van der Waals surface area contributed by atoms with E-state index in [1.54, 1.807) is 31.2 Å². The first-order valence-electron chi connectivity index (χ1n) is 6.50. The van der Waals surface area contributed by atoms with Gasteiger partial charge in [0.1, 0.15) is 6.04 Å². The lowest BCUT2D eigenvalue weighted by Crippen LogP contribution is -2.32. The zero-order valence-corrected chi connectivity index (χ0v) is 12.0. The van der Waals surface area contributed by atoms with Crippen LogP contribution in [-0.2, 0) is 9.59 Å². The van der Waals surface area contributed by atoms with Gasteiger partial charge >= 0.3 is 0 Å². The standard InChI is InChI=1S/C14H12ClN3O3/c1-8(18-11(19)6-7-12(18)20)13-16-17-14(21-13)9-2-4-10(15)5-3-9/h2-5,8H,6-7H2,1H3/t8-/m0/s1. The van der Waals surface area contributed by atoms with Gasteiger partial charge in [0, 0.05) is 23.4 Å². The lowest BCUT2D eigenvalue weighted by atomic mass is 10.2. The average Bonchev–Trinajstić information content (AvgIpc) is 3.07. The first-order chi connectivity index (χ1) is 10.1. The predicted molar refractivity (Wildman–Crippen MR) is 74.2 cm³/mol. The van der Waals surface area contributed by atoms with Crippen LogP contribution in [0.2, 0.25) is 5.02 Å². The van der Waals surface area contributed by atoms with E-state index in [0.29, 0.717) is 10.9 Å². The molecule has 1 aliphatic rings. The third kappa shape index (κ3) is 2.54. The monoisotopic (exact) mass is 305 g/mol. The molecule has 108 valence electrons. The van der Waals surface area contributed by atoms with Crippen molar-refractivity contribution >= 4 is 23.4 Å². The first-order valence-corrected chi connectivity index (χ1v) is 6.88. The number of carbonyl (C=O) groups excluding carboxylic acids is 2. The van der Waals surface area contributed by atoms with E-state index in [1.807, 2.05) is 0 Å². The van der Waals surface area contributed by atoms with Gasteiger partial charge in [-0.05, 0) is 31.2 Å². The Morgan fingerprint density at radius 1 is 1.14 bits per heavy atom. The van der Waals surface area contributed by atoms with Crippen molar-refractivity contribution in [1.29, 1.82) is 0 Å². The van der Waals surface area contributed by atoms with Crippen LogP contribution in [0.4, 0.5) is 0 Å². The number of amides is 2. The molecule has 0 saturated carbocycles. The summed E-state index contributed by atoms with van der Waals surface area (Å²) in [5.74, 6) is 0.147. The van der Waals surface area contributed by atoms with Crippen LogP contribution in [0.1, 0.15) is 31.7 Å². The largest absolute Gasteiger partial charge is 0.418 e. The fraction of sp³-hybridized carbons (Fsp3) is 0.286. The molecule has 1 aromatic carbocycles. The molecule has 0 spiro atoms. The maximum Gasteiger partial charge on any atom is 0.247 e. The van der Waals surface area contributed by atoms with Crippen molar-refractivity contribution in [3.05, 3.63) is 35.2 Å². The summed E-state index contributed by atoms with van der Waals surface area (Å²) in [6.07, 6.45) is 0.475. The number of halogens is 1. The van der Waals surface area contributed by atoms with Crippen molar-refractivity contribution < 1.29 is 14.0 Å². The van der Waals surface area contributed by atoms with Gasteiger partial charge in [-0.15, -0.1) is 10.2 Å². The molecule has 2 heterocycles. The lowest BCUT2D eigenvalue weighted by molar-refractivity contribution is -0.141. The molecule has 0 aliphatic carbocycles. The van der Waals surface area contributed by atoms with Gasteiger partial charge in [-0.3, -0.25) is 14.5 Å². The number of nitrogens with zero attached hydrogens (tertiary/aromatic N) is 3. The van der Waals surface area contributed by atoms with Crippen molar-refractivity contribution in [2.75, 3.05) is 0 Å². The number of rotatable bonds is 3. The lowest BCUT2D eigenvalue weighted by Gasteiger charge is -2.18. The summed E-state index contributed by atoms with van der Waals surface area (Å²) in [6, 6.07) is 6.41. The van der Waals surface area contributed by atoms with Gasteiger partial charge in [0.15, 0.2) is 0 Å². The third-order valence-corrected chi connectivity index (χ3v) is 3.62. The van der Waals surface area contributed by atoms with Crippen molar-refractivity contribution in [3.63, 3.8) is 0 Å². The second-order valence-electron chi connectivity index (χ2n) is 4.79. The zero-order valence-electron chi connectivity index (χ0n) is 11.2. The number of hydrogen-bond donors (Lipinski definition) is 0. The second-order valence-corrected chi connectivity index (χ2v) is 5.22. The Bertz CT molecular complexity index is 680. The molecule has 0 unspecified atom stereocenters. The van der Waals surface area contributed by atoms with E-state index in [0.717, 1.165) is 5.56 Å². The molecule has 1 atom stereocenters. The van der Waals surface area contributed by atoms with Crippen LogP contribution in [0, 0.1) is 0 Å². The molecule has 1 aromatic heterocycles. The van der Waals surface area contributed by atoms with Crippen LogP contribution in [-0.4, -0.2) is 26.9 Å². The Kier molecular flexibility index (Phi) is 3.47. The summed E-state index contributed by atoms with van der Waals surface area (Å²) in [6.45, 7) is 1.69. The fourth-order valence-electron chi connectivity index (χ4n) is 2.25. The van der Waals surface area contributed by atoms with Gasteiger partial charge in [0.2, 0.25) is 23.6 Å². The fourth-order valence-corrected chi connectivity index (χ4v) is 2.37. The van der Waals surface area contributed by atoms with Gasteiger partial charge in [0.25, 0.3) is 0 Å². The summed E-state index contributed by atoms with van der Waals surface area (Å²) in [5, 5.41) is 8.49.